The molecule has 0 spiro atoms. The number of anilines is 1. The molecule has 0 unspecified atom stereocenters. The number of aromatic hydroxyl groups is 1. The second-order valence-corrected chi connectivity index (χ2v) is 3.71. The Balaban J connectivity index is 2.08. The normalized spacial score (nSPS) is 12.7. The molecule has 1 aromatic heterocycles. The number of phenols is 1. The van der Waals surface area contributed by atoms with Crippen molar-refractivity contribution in [1.82, 2.24) is 10.2 Å². The van der Waals surface area contributed by atoms with Crippen molar-refractivity contribution in [2.24, 2.45) is 0 Å². The van der Waals surface area contributed by atoms with Gasteiger partial charge in [-0.3, -0.25) is 0 Å². The van der Waals surface area contributed by atoms with Crippen LogP contribution in [0.15, 0.2) is 28.7 Å². The molecule has 1 aromatic carbocycles. The van der Waals surface area contributed by atoms with Gasteiger partial charge in [0.1, 0.15) is 5.75 Å². The molecule has 0 saturated heterocycles. The van der Waals surface area contributed by atoms with E-state index in [-0.39, 0.29) is 17.8 Å². The summed E-state index contributed by atoms with van der Waals surface area (Å²) in [6.45, 7) is 1.78. The van der Waals surface area contributed by atoms with Crippen LogP contribution in [0.3, 0.4) is 0 Å². The second kappa shape index (κ2) is 4.99. The monoisotopic (exact) mass is 255 g/mol. The summed E-state index contributed by atoms with van der Waals surface area (Å²) in [5.74, 6) is -0.597. The van der Waals surface area contributed by atoms with E-state index in [4.69, 9.17) is 4.42 Å². The van der Waals surface area contributed by atoms with Gasteiger partial charge in [-0.15, -0.1) is 5.10 Å². The van der Waals surface area contributed by atoms with Gasteiger partial charge in [0.05, 0.1) is 6.04 Å². The molecule has 7 heteroatoms. The van der Waals surface area contributed by atoms with Gasteiger partial charge in [0.25, 0.3) is 5.89 Å². The summed E-state index contributed by atoms with van der Waals surface area (Å²) in [6.07, 6.45) is -2.79. The predicted molar refractivity (Wildman–Crippen MR) is 59.4 cm³/mol. The molecule has 18 heavy (non-hydrogen) atoms. The highest BCUT2D eigenvalue weighted by atomic mass is 19.3. The number of alkyl halides is 2. The van der Waals surface area contributed by atoms with Crippen molar-refractivity contribution in [3.8, 4) is 5.75 Å². The fourth-order valence-corrected chi connectivity index (χ4v) is 1.44. The average Bonchev–Trinajstić information content (AvgIpc) is 2.77. The number of phenolic OH excluding ortho intramolecular Hbond substituents is 1. The Kier molecular flexibility index (Phi) is 3.40. The maximum absolute atomic E-state index is 12.2. The Morgan fingerprint density at radius 2 is 2.11 bits per heavy atom. The van der Waals surface area contributed by atoms with Crippen LogP contribution in [0.4, 0.5) is 14.8 Å². The minimum absolute atomic E-state index is 0.0823. The number of rotatable bonds is 4. The van der Waals surface area contributed by atoms with Crippen LogP contribution in [0, 0.1) is 0 Å². The molecular weight excluding hydrogens is 244 g/mol. The van der Waals surface area contributed by atoms with Crippen LogP contribution in [0.2, 0.25) is 0 Å². The first-order valence-electron chi connectivity index (χ1n) is 5.23. The van der Waals surface area contributed by atoms with Crippen LogP contribution < -0.4 is 5.32 Å². The zero-order chi connectivity index (χ0) is 13.1. The van der Waals surface area contributed by atoms with Crippen molar-refractivity contribution < 1.29 is 18.3 Å². The summed E-state index contributed by atoms with van der Waals surface area (Å²) in [4.78, 5) is 0. The molecule has 0 radical (unpaired) electrons. The highest BCUT2D eigenvalue weighted by Crippen LogP contribution is 2.23. The lowest BCUT2D eigenvalue weighted by molar-refractivity contribution is 0.116. The molecule has 0 bridgehead atoms. The fourth-order valence-electron chi connectivity index (χ4n) is 1.44. The minimum atomic E-state index is -2.79. The highest BCUT2D eigenvalue weighted by molar-refractivity contribution is 5.33. The van der Waals surface area contributed by atoms with Gasteiger partial charge in [-0.2, -0.15) is 8.78 Å². The lowest BCUT2D eigenvalue weighted by atomic mass is 10.1. The maximum Gasteiger partial charge on any atom is 0.316 e. The summed E-state index contributed by atoms with van der Waals surface area (Å²) in [6, 6.07) is 6.22. The van der Waals surface area contributed by atoms with Crippen molar-refractivity contribution in [3.63, 3.8) is 0 Å². The van der Waals surface area contributed by atoms with Crippen LogP contribution in [-0.4, -0.2) is 15.3 Å². The largest absolute Gasteiger partial charge is 0.508 e. The van der Waals surface area contributed by atoms with E-state index in [1.807, 2.05) is 0 Å². The van der Waals surface area contributed by atoms with E-state index in [9.17, 15) is 13.9 Å². The third kappa shape index (κ3) is 2.73. The Bertz CT molecular complexity index is 531. The van der Waals surface area contributed by atoms with E-state index in [0.717, 1.165) is 5.56 Å². The van der Waals surface area contributed by atoms with Gasteiger partial charge >= 0.3 is 12.4 Å². The third-order valence-electron chi connectivity index (χ3n) is 2.34. The summed E-state index contributed by atoms with van der Waals surface area (Å²) in [5, 5.41) is 18.8. The molecule has 0 aliphatic heterocycles. The van der Waals surface area contributed by atoms with E-state index in [0.29, 0.717) is 0 Å². The zero-order valence-electron chi connectivity index (χ0n) is 9.47. The first kappa shape index (κ1) is 12.3. The van der Waals surface area contributed by atoms with Gasteiger partial charge in [0.15, 0.2) is 0 Å². The van der Waals surface area contributed by atoms with Crippen LogP contribution in [0.1, 0.15) is 30.8 Å². The van der Waals surface area contributed by atoms with E-state index in [1.165, 1.54) is 6.07 Å². The number of aromatic nitrogens is 2. The molecule has 0 aliphatic carbocycles. The van der Waals surface area contributed by atoms with Crippen LogP contribution in [0.25, 0.3) is 0 Å². The molecule has 2 aromatic rings. The molecule has 5 nitrogen and oxygen atoms in total. The number of benzene rings is 1. The van der Waals surface area contributed by atoms with Crippen LogP contribution >= 0.6 is 0 Å². The summed E-state index contributed by atoms with van der Waals surface area (Å²) >= 11 is 0. The standard InChI is InChI=1S/C11H11F2N3O2/c1-6(7-3-2-4-8(17)5-7)14-11-16-15-10(18-11)9(12)13/h2-6,9,17H,1H3,(H,14,16)/t6-/m0/s1. The molecule has 2 N–H and O–H groups in total. The smallest absolute Gasteiger partial charge is 0.316 e. The maximum atomic E-state index is 12.2. The number of nitrogens with one attached hydrogen (secondary N) is 1. The average molecular weight is 255 g/mol. The molecule has 0 saturated carbocycles. The predicted octanol–water partition coefficient (Wildman–Crippen LogP) is 2.89. The van der Waals surface area contributed by atoms with Gasteiger partial charge in [-0.05, 0) is 24.6 Å². The summed E-state index contributed by atoms with van der Waals surface area (Å²) in [5.41, 5.74) is 0.770. The molecule has 96 valence electrons. The van der Waals surface area contributed by atoms with E-state index < -0.39 is 12.3 Å². The molecular formula is C11H11F2N3O2. The number of hydrogen-bond acceptors (Lipinski definition) is 5. The van der Waals surface area contributed by atoms with Crippen molar-refractivity contribution in [2.45, 2.75) is 19.4 Å². The Morgan fingerprint density at radius 1 is 1.33 bits per heavy atom. The van der Waals surface area contributed by atoms with Crippen molar-refractivity contribution in [1.29, 1.82) is 0 Å². The van der Waals surface area contributed by atoms with Gasteiger partial charge in [-0.25, -0.2) is 0 Å². The van der Waals surface area contributed by atoms with Gasteiger partial charge in [0, 0.05) is 0 Å². The Hall–Kier alpha value is -2.18. The van der Waals surface area contributed by atoms with Crippen molar-refractivity contribution in [3.05, 3.63) is 35.7 Å². The SMILES string of the molecule is C[C@H](Nc1nnc(C(F)F)o1)c1cccc(O)c1. The first-order valence-corrected chi connectivity index (χ1v) is 5.23. The van der Waals surface area contributed by atoms with E-state index in [1.54, 1.807) is 25.1 Å². The lowest BCUT2D eigenvalue weighted by Crippen LogP contribution is -2.06. The second-order valence-electron chi connectivity index (χ2n) is 3.71. The number of nitrogens with zero attached hydrogens (tertiary/aromatic N) is 2. The molecule has 0 fully saturated rings. The van der Waals surface area contributed by atoms with Gasteiger partial charge in [0.2, 0.25) is 0 Å². The zero-order valence-corrected chi connectivity index (χ0v) is 9.47. The van der Waals surface area contributed by atoms with Crippen molar-refractivity contribution >= 4 is 6.01 Å². The molecule has 1 atom stereocenters. The number of halogens is 2. The van der Waals surface area contributed by atoms with E-state index in [2.05, 4.69) is 15.5 Å². The minimum Gasteiger partial charge on any atom is -0.508 e. The molecule has 0 amide bonds. The quantitative estimate of drug-likeness (QED) is 0.878. The molecule has 1 heterocycles. The van der Waals surface area contributed by atoms with Crippen LogP contribution in [-0.2, 0) is 0 Å². The number of hydrogen-bond donors (Lipinski definition) is 2. The topological polar surface area (TPSA) is 71.2 Å². The lowest BCUT2D eigenvalue weighted by Gasteiger charge is -2.12. The van der Waals surface area contributed by atoms with Gasteiger partial charge < -0.3 is 14.8 Å². The third-order valence-corrected chi connectivity index (χ3v) is 2.34. The molecule has 0 aliphatic rings. The van der Waals surface area contributed by atoms with E-state index >= 15 is 0 Å². The summed E-state index contributed by atoms with van der Waals surface area (Å²) in [7, 11) is 0. The summed E-state index contributed by atoms with van der Waals surface area (Å²) < 4.78 is 29.2. The van der Waals surface area contributed by atoms with Crippen LogP contribution in [0.5, 0.6) is 5.75 Å². The Morgan fingerprint density at radius 3 is 2.72 bits per heavy atom. The Labute approximate surface area is 101 Å². The van der Waals surface area contributed by atoms with Gasteiger partial charge in [-0.1, -0.05) is 17.2 Å². The molecule has 2 rings (SSSR count). The fraction of sp³-hybridized carbons (Fsp3) is 0.273. The highest BCUT2D eigenvalue weighted by Gasteiger charge is 2.17. The first-order chi connectivity index (χ1) is 8.56. The van der Waals surface area contributed by atoms with Crippen molar-refractivity contribution in [2.75, 3.05) is 5.32 Å².